The Balaban J connectivity index is 1.37. The van der Waals surface area contributed by atoms with Gasteiger partial charge in [-0.25, -0.2) is 13.8 Å². The molecule has 38 heavy (non-hydrogen) atoms. The van der Waals surface area contributed by atoms with Crippen molar-refractivity contribution in [1.29, 1.82) is 0 Å². The van der Waals surface area contributed by atoms with Gasteiger partial charge in [0, 0.05) is 43.7 Å². The van der Waals surface area contributed by atoms with Gasteiger partial charge >= 0.3 is 5.92 Å². The Labute approximate surface area is 222 Å². The summed E-state index contributed by atoms with van der Waals surface area (Å²) in [5.41, 5.74) is 0.980. The molecule has 202 valence electrons. The maximum absolute atomic E-state index is 14.9. The van der Waals surface area contributed by atoms with Crippen molar-refractivity contribution < 1.29 is 18.6 Å². The number of aliphatic hydroxyl groups is 1. The number of nitrogens with zero attached hydrogens (tertiary/aromatic N) is 4. The molecule has 2 fully saturated rings. The minimum Gasteiger partial charge on any atom is -0.480 e. The van der Waals surface area contributed by atoms with Gasteiger partial charge in [-0.15, -0.1) is 0 Å². The second-order valence-corrected chi connectivity index (χ2v) is 11.0. The highest BCUT2D eigenvalue weighted by atomic mass is 35.5. The fourth-order valence-electron chi connectivity index (χ4n) is 5.46. The summed E-state index contributed by atoms with van der Waals surface area (Å²) in [5, 5.41) is 16.7. The predicted octanol–water partition coefficient (Wildman–Crippen LogP) is 4.01. The van der Waals surface area contributed by atoms with E-state index in [0.29, 0.717) is 58.7 Å². The number of nitrogens with one attached hydrogen (secondary N) is 2. The maximum Gasteiger partial charge on any atom is 0.301 e. The van der Waals surface area contributed by atoms with Gasteiger partial charge in [0.25, 0.3) is 5.56 Å². The van der Waals surface area contributed by atoms with Gasteiger partial charge in [0.05, 0.1) is 23.4 Å². The van der Waals surface area contributed by atoms with Crippen LogP contribution >= 0.6 is 11.6 Å². The number of pyridine rings is 1. The molecule has 6 rings (SSSR count). The number of hydrogen-bond donors (Lipinski definition) is 3. The molecular formula is C26H29ClF2N6O3. The molecule has 1 saturated heterocycles. The summed E-state index contributed by atoms with van der Waals surface area (Å²) in [4.78, 5) is 24.0. The summed E-state index contributed by atoms with van der Waals surface area (Å²) in [7, 11) is 1.59. The molecule has 0 radical (unpaired) electrons. The summed E-state index contributed by atoms with van der Waals surface area (Å²) in [6.45, 7) is 2.71. The van der Waals surface area contributed by atoms with Crippen molar-refractivity contribution in [3.63, 3.8) is 0 Å². The first-order valence-electron chi connectivity index (χ1n) is 12.8. The van der Waals surface area contributed by atoms with Crippen LogP contribution in [0.4, 0.5) is 31.9 Å². The van der Waals surface area contributed by atoms with E-state index in [2.05, 4.69) is 27.5 Å². The highest BCUT2D eigenvalue weighted by Gasteiger charge is 2.51. The molecule has 1 aromatic carbocycles. The first-order chi connectivity index (χ1) is 18.2. The lowest BCUT2D eigenvalue weighted by Gasteiger charge is -2.25. The highest BCUT2D eigenvalue weighted by Crippen LogP contribution is 2.45. The lowest BCUT2D eigenvalue weighted by Crippen LogP contribution is -2.44. The number of alkyl halides is 2. The zero-order chi connectivity index (χ0) is 26.8. The molecule has 2 aromatic heterocycles. The molecule has 9 nitrogen and oxygen atoms in total. The topological polar surface area (TPSA) is 105 Å². The van der Waals surface area contributed by atoms with Crippen molar-refractivity contribution in [3.8, 4) is 5.75 Å². The van der Waals surface area contributed by atoms with Crippen molar-refractivity contribution >= 4 is 45.6 Å². The molecule has 0 amide bonds. The van der Waals surface area contributed by atoms with Crippen LogP contribution in [0.3, 0.4) is 0 Å². The third-order valence-corrected chi connectivity index (χ3v) is 8.17. The molecule has 0 spiro atoms. The number of benzene rings is 1. The number of ether oxygens (including phenoxy) is 1. The standard InChI is InChI=1S/C26H29ClF2N6O3/c1-13-9-35(10-15(13)11-36)25-30-8-18(27)23(33-25)31-16-5-6-19-17(7-16)20-21(24(37)34(19)2)38-12-26(28,29)22(32-20)14-3-4-14/h5-8,13-15,22,32,36H,3-4,9-12H2,1-2H3,(H,30,31,33)/t13-,15-,22?/m1/s1. The first-order valence-corrected chi connectivity index (χ1v) is 13.1. The molecule has 4 heterocycles. The van der Waals surface area contributed by atoms with Crippen LogP contribution in [-0.2, 0) is 7.05 Å². The van der Waals surface area contributed by atoms with E-state index in [1.807, 2.05) is 4.90 Å². The van der Waals surface area contributed by atoms with Gasteiger partial charge in [-0.05, 0) is 42.9 Å². The third-order valence-electron chi connectivity index (χ3n) is 7.89. The van der Waals surface area contributed by atoms with E-state index in [1.54, 1.807) is 25.2 Å². The average molecular weight is 547 g/mol. The molecule has 1 unspecified atom stereocenters. The van der Waals surface area contributed by atoms with Gasteiger partial charge < -0.3 is 29.9 Å². The quantitative estimate of drug-likeness (QED) is 0.441. The molecular weight excluding hydrogens is 518 g/mol. The van der Waals surface area contributed by atoms with Crippen molar-refractivity contribution in [3.05, 3.63) is 39.8 Å². The second kappa shape index (κ2) is 9.23. The summed E-state index contributed by atoms with van der Waals surface area (Å²) < 4.78 is 36.7. The fourth-order valence-corrected chi connectivity index (χ4v) is 5.59. The number of aliphatic hydroxyl groups excluding tert-OH is 1. The molecule has 3 atom stereocenters. The molecule has 1 saturated carbocycles. The number of hydrogen-bond acceptors (Lipinski definition) is 8. The average Bonchev–Trinajstić information content (AvgIpc) is 3.67. The van der Waals surface area contributed by atoms with E-state index in [4.69, 9.17) is 16.3 Å². The van der Waals surface area contributed by atoms with Crippen LogP contribution in [0.1, 0.15) is 19.8 Å². The number of aromatic nitrogens is 3. The largest absolute Gasteiger partial charge is 0.480 e. The Morgan fingerprint density at radius 2 is 2.11 bits per heavy atom. The van der Waals surface area contributed by atoms with Gasteiger partial charge in [0.1, 0.15) is 5.02 Å². The summed E-state index contributed by atoms with van der Waals surface area (Å²) in [6.07, 6.45) is 2.95. The molecule has 12 heteroatoms. The summed E-state index contributed by atoms with van der Waals surface area (Å²) >= 11 is 6.42. The normalized spacial score (nSPS) is 24.5. The van der Waals surface area contributed by atoms with Crippen LogP contribution < -0.4 is 25.8 Å². The maximum atomic E-state index is 14.9. The molecule has 3 aromatic rings. The first kappa shape index (κ1) is 25.1. The Morgan fingerprint density at radius 3 is 2.82 bits per heavy atom. The minimum atomic E-state index is -3.11. The predicted molar refractivity (Wildman–Crippen MR) is 142 cm³/mol. The number of anilines is 4. The van der Waals surface area contributed by atoms with E-state index in [0.717, 1.165) is 6.54 Å². The third kappa shape index (κ3) is 4.31. The van der Waals surface area contributed by atoms with Crippen molar-refractivity contribution in [2.45, 2.75) is 31.7 Å². The van der Waals surface area contributed by atoms with E-state index < -0.39 is 24.1 Å². The zero-order valence-corrected chi connectivity index (χ0v) is 21.8. The molecule has 3 aliphatic rings. The van der Waals surface area contributed by atoms with E-state index >= 15 is 0 Å². The van der Waals surface area contributed by atoms with Gasteiger partial charge in [-0.2, -0.15) is 4.98 Å². The summed E-state index contributed by atoms with van der Waals surface area (Å²) in [5.74, 6) is -2.05. The number of rotatable bonds is 5. The lowest BCUT2D eigenvalue weighted by molar-refractivity contribution is -0.0579. The Bertz CT molecular complexity index is 1460. The highest BCUT2D eigenvalue weighted by molar-refractivity contribution is 6.32. The Morgan fingerprint density at radius 1 is 1.32 bits per heavy atom. The van der Waals surface area contributed by atoms with Crippen molar-refractivity contribution in [2.24, 2.45) is 24.8 Å². The van der Waals surface area contributed by atoms with Crippen LogP contribution in [0.15, 0.2) is 29.2 Å². The van der Waals surface area contributed by atoms with Crippen molar-refractivity contribution in [1.82, 2.24) is 14.5 Å². The summed E-state index contributed by atoms with van der Waals surface area (Å²) in [6, 6.07) is 4.19. The molecule has 3 N–H and O–H groups in total. The SMILES string of the molecule is C[C@@H]1CN(c2ncc(Cl)c(Nc3ccc4c(c3)c3c(c(=O)n4C)OCC(F)(F)C(C4CC4)N3)n2)C[C@@H]1CO. The van der Waals surface area contributed by atoms with Crippen LogP contribution in [0.5, 0.6) is 5.75 Å². The lowest BCUT2D eigenvalue weighted by atomic mass is 10.00. The monoisotopic (exact) mass is 546 g/mol. The van der Waals surface area contributed by atoms with E-state index in [1.165, 1.54) is 10.8 Å². The van der Waals surface area contributed by atoms with Crippen LogP contribution in [0.2, 0.25) is 5.02 Å². The van der Waals surface area contributed by atoms with Crippen LogP contribution in [-0.4, -0.2) is 57.9 Å². The number of halogens is 3. The molecule has 1 aliphatic carbocycles. The van der Waals surface area contributed by atoms with E-state index in [-0.39, 0.29) is 29.9 Å². The van der Waals surface area contributed by atoms with Gasteiger partial charge in [0.15, 0.2) is 12.4 Å². The van der Waals surface area contributed by atoms with Gasteiger partial charge in [-0.1, -0.05) is 18.5 Å². The molecule has 2 aliphatic heterocycles. The number of aryl methyl sites for hydroxylation is 1. The fraction of sp³-hybridized carbons (Fsp3) is 0.500. The van der Waals surface area contributed by atoms with Gasteiger partial charge in [-0.3, -0.25) is 4.79 Å². The smallest absolute Gasteiger partial charge is 0.301 e. The van der Waals surface area contributed by atoms with Gasteiger partial charge in [0.2, 0.25) is 11.7 Å². The zero-order valence-electron chi connectivity index (χ0n) is 21.0. The Kier molecular flexibility index (Phi) is 6.10. The van der Waals surface area contributed by atoms with Crippen LogP contribution in [0, 0.1) is 17.8 Å². The minimum absolute atomic E-state index is 0.103. The van der Waals surface area contributed by atoms with Crippen LogP contribution in [0.25, 0.3) is 10.9 Å². The van der Waals surface area contributed by atoms with E-state index in [9.17, 15) is 18.7 Å². The number of fused-ring (bicyclic) bond motifs is 3. The Hall–Kier alpha value is -3.18. The molecule has 0 bridgehead atoms. The second-order valence-electron chi connectivity index (χ2n) is 10.6. The van der Waals surface area contributed by atoms with Crippen molar-refractivity contribution in [2.75, 3.05) is 41.8 Å².